The molecule has 1 unspecified atom stereocenters. The number of carboxylic acids is 1. The zero-order chi connectivity index (χ0) is 21.8. The van der Waals surface area contributed by atoms with Crippen LogP contribution in [0.25, 0.3) is 6.08 Å². The van der Waals surface area contributed by atoms with E-state index in [9.17, 15) is 9.59 Å². The Kier molecular flexibility index (Phi) is 7.17. The van der Waals surface area contributed by atoms with Gasteiger partial charge in [0.25, 0.3) is 5.91 Å². The number of carbonyl (C=O) groups excluding carboxylic acids is 1. The number of halogens is 1. The molecule has 1 aliphatic heterocycles. The Bertz CT molecular complexity index is 1040. The Labute approximate surface area is 192 Å². The molecule has 156 valence electrons. The fraction of sp³-hybridized carbons (Fsp3) is 0.190. The van der Waals surface area contributed by atoms with Gasteiger partial charge in [0.1, 0.15) is 0 Å². The number of carboxylic acid groups (broad SMARTS) is 1. The molecule has 0 bridgehead atoms. The van der Waals surface area contributed by atoms with Gasteiger partial charge in [-0.05, 0) is 55.8 Å². The number of ether oxygens (including phenoxy) is 2. The van der Waals surface area contributed by atoms with Gasteiger partial charge >= 0.3 is 5.97 Å². The van der Waals surface area contributed by atoms with Gasteiger partial charge in [-0.25, -0.2) is 4.79 Å². The summed E-state index contributed by atoms with van der Waals surface area (Å²) in [6.07, 6.45) is 0.709. The van der Waals surface area contributed by atoms with Crippen molar-refractivity contribution in [3.63, 3.8) is 0 Å². The van der Waals surface area contributed by atoms with Gasteiger partial charge in [-0.1, -0.05) is 52.0 Å². The monoisotopic (exact) mass is 507 g/mol. The molecule has 2 aromatic rings. The summed E-state index contributed by atoms with van der Waals surface area (Å²) >= 11 is 10.0. The summed E-state index contributed by atoms with van der Waals surface area (Å²) in [6, 6.07) is 12.4. The molecule has 1 heterocycles. The van der Waals surface area contributed by atoms with Crippen LogP contribution in [0.1, 0.15) is 19.4 Å². The minimum atomic E-state index is -1.07. The molecule has 6 nitrogen and oxygen atoms in total. The van der Waals surface area contributed by atoms with Crippen LogP contribution in [0.5, 0.6) is 11.5 Å². The van der Waals surface area contributed by atoms with Crippen LogP contribution in [-0.2, 0) is 9.59 Å². The first-order valence-electron chi connectivity index (χ1n) is 9.00. The van der Waals surface area contributed by atoms with E-state index in [1.807, 2.05) is 31.2 Å². The lowest BCUT2D eigenvalue weighted by molar-refractivity contribution is -0.144. The minimum Gasteiger partial charge on any atom is -0.490 e. The van der Waals surface area contributed by atoms with E-state index in [4.69, 9.17) is 26.8 Å². The Morgan fingerprint density at radius 2 is 2.07 bits per heavy atom. The number of nitrogens with zero attached hydrogens (tertiary/aromatic N) is 1. The number of thiocarbonyl (C=S) groups is 1. The van der Waals surface area contributed by atoms with Gasteiger partial charge in [-0.15, -0.1) is 0 Å². The zero-order valence-corrected chi connectivity index (χ0v) is 19.3. The van der Waals surface area contributed by atoms with Crippen molar-refractivity contribution in [3.05, 3.63) is 57.4 Å². The molecule has 1 N–H and O–H groups in total. The Balaban J connectivity index is 1.89. The average Bonchev–Trinajstić information content (AvgIpc) is 2.97. The van der Waals surface area contributed by atoms with Crippen molar-refractivity contribution in [1.82, 2.24) is 0 Å². The normalized spacial score (nSPS) is 16.1. The Morgan fingerprint density at radius 1 is 1.30 bits per heavy atom. The largest absolute Gasteiger partial charge is 0.490 e. The topological polar surface area (TPSA) is 76.1 Å². The lowest BCUT2D eigenvalue weighted by Crippen LogP contribution is -2.27. The van der Waals surface area contributed by atoms with Gasteiger partial charge in [0.2, 0.25) is 0 Å². The summed E-state index contributed by atoms with van der Waals surface area (Å²) in [5, 5.41) is 9.06. The van der Waals surface area contributed by atoms with Crippen molar-refractivity contribution in [1.29, 1.82) is 0 Å². The van der Waals surface area contributed by atoms with Crippen LogP contribution in [0.3, 0.4) is 0 Å². The van der Waals surface area contributed by atoms with E-state index in [-0.39, 0.29) is 5.91 Å². The highest BCUT2D eigenvalue weighted by Gasteiger charge is 2.33. The molecule has 30 heavy (non-hydrogen) atoms. The maximum Gasteiger partial charge on any atom is 0.344 e. The predicted octanol–water partition coefficient (Wildman–Crippen LogP) is 5.11. The quantitative estimate of drug-likeness (QED) is 0.412. The number of hydrogen-bond donors (Lipinski definition) is 1. The third-order valence-electron chi connectivity index (χ3n) is 4.08. The molecule has 1 fully saturated rings. The summed E-state index contributed by atoms with van der Waals surface area (Å²) in [4.78, 5) is 26.0. The van der Waals surface area contributed by atoms with E-state index >= 15 is 0 Å². The zero-order valence-electron chi connectivity index (χ0n) is 16.1. The van der Waals surface area contributed by atoms with E-state index in [0.717, 1.165) is 4.47 Å². The number of anilines is 1. The van der Waals surface area contributed by atoms with Gasteiger partial charge in [0.05, 0.1) is 17.2 Å². The second kappa shape index (κ2) is 9.63. The van der Waals surface area contributed by atoms with Crippen LogP contribution in [0.2, 0.25) is 0 Å². The van der Waals surface area contributed by atoms with Crippen molar-refractivity contribution in [2.45, 2.75) is 20.0 Å². The van der Waals surface area contributed by atoms with Crippen LogP contribution < -0.4 is 14.4 Å². The number of amides is 1. The predicted molar refractivity (Wildman–Crippen MR) is 125 cm³/mol. The van der Waals surface area contributed by atoms with E-state index < -0.39 is 12.1 Å². The first-order valence-corrected chi connectivity index (χ1v) is 11.0. The van der Waals surface area contributed by atoms with Crippen LogP contribution in [-0.4, -0.2) is 34.0 Å². The van der Waals surface area contributed by atoms with Crippen molar-refractivity contribution >= 4 is 67.9 Å². The van der Waals surface area contributed by atoms with Crippen LogP contribution in [0.4, 0.5) is 5.69 Å². The van der Waals surface area contributed by atoms with Crippen molar-refractivity contribution in [3.8, 4) is 11.5 Å². The molecule has 0 radical (unpaired) electrons. The molecule has 9 heteroatoms. The molecule has 1 amide bonds. The fourth-order valence-electron chi connectivity index (χ4n) is 2.68. The molecule has 1 atom stereocenters. The van der Waals surface area contributed by atoms with Crippen LogP contribution in [0, 0.1) is 0 Å². The molecular weight excluding hydrogens is 490 g/mol. The highest BCUT2D eigenvalue weighted by atomic mass is 79.9. The average molecular weight is 508 g/mol. The molecular formula is C21H18BrNO5S2. The van der Waals surface area contributed by atoms with Crippen LogP contribution in [0.15, 0.2) is 51.8 Å². The van der Waals surface area contributed by atoms with E-state index in [0.29, 0.717) is 38.6 Å². The summed E-state index contributed by atoms with van der Waals surface area (Å²) in [5.74, 6) is -0.550. The molecule has 3 rings (SSSR count). The number of hydrogen-bond acceptors (Lipinski definition) is 6. The highest BCUT2D eigenvalue weighted by Crippen LogP contribution is 2.38. The van der Waals surface area contributed by atoms with E-state index in [2.05, 4.69) is 15.9 Å². The highest BCUT2D eigenvalue weighted by molar-refractivity contribution is 9.10. The molecule has 1 saturated heterocycles. The van der Waals surface area contributed by atoms with E-state index in [1.54, 1.807) is 24.3 Å². The molecule has 1 aliphatic rings. The SMILES string of the molecule is CCOc1cc(/C=C2/SC(=S)N(c3cccc(Br)c3)C2=O)ccc1OC(C)C(=O)O. The number of rotatable bonds is 7. The Morgan fingerprint density at radius 3 is 2.73 bits per heavy atom. The second-order valence-electron chi connectivity index (χ2n) is 6.23. The fourth-order valence-corrected chi connectivity index (χ4v) is 4.36. The summed E-state index contributed by atoms with van der Waals surface area (Å²) in [7, 11) is 0. The van der Waals surface area contributed by atoms with Crippen molar-refractivity contribution in [2.24, 2.45) is 0 Å². The first-order chi connectivity index (χ1) is 14.3. The standard InChI is InChI=1S/C21H18BrNO5S2/c1-3-27-17-9-13(7-8-16(17)28-12(2)20(25)26)10-18-19(24)23(21(29)30-18)15-6-4-5-14(22)11-15/h4-12H,3H2,1-2H3,(H,25,26)/b18-10+. The Hall–Kier alpha value is -2.36. The van der Waals surface area contributed by atoms with Gasteiger partial charge in [-0.3, -0.25) is 9.69 Å². The number of benzene rings is 2. The van der Waals surface area contributed by atoms with Crippen molar-refractivity contribution < 1.29 is 24.2 Å². The molecule has 0 aromatic heterocycles. The second-order valence-corrected chi connectivity index (χ2v) is 8.83. The minimum absolute atomic E-state index is 0.208. The van der Waals surface area contributed by atoms with Crippen molar-refractivity contribution in [2.75, 3.05) is 11.5 Å². The van der Waals surface area contributed by atoms with Gasteiger partial charge in [0, 0.05) is 4.47 Å². The third kappa shape index (κ3) is 5.03. The van der Waals surface area contributed by atoms with Crippen LogP contribution >= 0.6 is 39.9 Å². The third-order valence-corrected chi connectivity index (χ3v) is 5.87. The molecule has 0 aliphatic carbocycles. The number of carbonyl (C=O) groups is 2. The lowest BCUT2D eigenvalue weighted by atomic mass is 10.1. The molecule has 0 spiro atoms. The van der Waals surface area contributed by atoms with E-state index in [1.165, 1.54) is 23.6 Å². The van der Waals surface area contributed by atoms with Gasteiger partial charge < -0.3 is 14.6 Å². The first kappa shape index (κ1) is 22.3. The van der Waals surface area contributed by atoms with Gasteiger partial charge in [-0.2, -0.15) is 0 Å². The summed E-state index contributed by atoms with van der Waals surface area (Å²) < 4.78 is 12.4. The maximum atomic E-state index is 12.9. The maximum absolute atomic E-state index is 12.9. The number of thioether (sulfide) groups is 1. The summed E-state index contributed by atoms with van der Waals surface area (Å²) in [5.41, 5.74) is 1.40. The lowest BCUT2D eigenvalue weighted by Gasteiger charge is -2.15. The smallest absolute Gasteiger partial charge is 0.344 e. The molecule has 2 aromatic carbocycles. The van der Waals surface area contributed by atoms with Gasteiger partial charge in [0.15, 0.2) is 21.9 Å². The number of aliphatic carboxylic acids is 1. The molecule has 0 saturated carbocycles. The summed E-state index contributed by atoms with van der Waals surface area (Å²) in [6.45, 7) is 3.64.